The van der Waals surface area contributed by atoms with Crippen molar-refractivity contribution >= 4 is 17.9 Å². The second-order valence-electron chi connectivity index (χ2n) is 12.2. The Morgan fingerprint density at radius 3 is 0.952 bits per heavy atom. The summed E-state index contributed by atoms with van der Waals surface area (Å²) in [7, 11) is 0. The van der Waals surface area contributed by atoms with E-state index >= 15 is 0 Å². The Morgan fingerprint density at radius 1 is 0.381 bits per heavy atom. The summed E-state index contributed by atoms with van der Waals surface area (Å²) in [6, 6.07) is 0. The molecule has 1 atom stereocenters. The molecule has 0 fully saturated rings. The van der Waals surface area contributed by atoms with Gasteiger partial charge in [-0.3, -0.25) is 14.4 Å². The Morgan fingerprint density at radius 2 is 0.643 bits per heavy atom. The summed E-state index contributed by atoms with van der Waals surface area (Å²) in [4.78, 5) is 37.0. The fraction of sp³-hybridized carbons (Fsp3) is 0.917. The lowest BCUT2D eigenvalue weighted by atomic mass is 10.0. The van der Waals surface area contributed by atoms with Crippen LogP contribution in [0.25, 0.3) is 0 Å². The maximum absolute atomic E-state index is 12.5. The van der Waals surface area contributed by atoms with E-state index in [0.29, 0.717) is 19.3 Å². The molecule has 0 aromatic heterocycles. The van der Waals surface area contributed by atoms with E-state index in [1.54, 1.807) is 0 Å². The van der Waals surface area contributed by atoms with E-state index in [9.17, 15) is 14.4 Å². The Balaban J connectivity index is 4.27. The van der Waals surface area contributed by atoms with Crippen molar-refractivity contribution in [2.45, 2.75) is 200 Å². The van der Waals surface area contributed by atoms with Gasteiger partial charge < -0.3 is 14.2 Å². The van der Waals surface area contributed by atoms with E-state index in [1.165, 1.54) is 89.9 Å². The van der Waals surface area contributed by atoms with Gasteiger partial charge in [0.05, 0.1) is 0 Å². The minimum absolute atomic E-state index is 0.0662. The van der Waals surface area contributed by atoms with Gasteiger partial charge in [-0.15, -0.1) is 0 Å². The molecule has 0 bridgehead atoms. The van der Waals surface area contributed by atoms with Gasteiger partial charge >= 0.3 is 17.9 Å². The summed E-state index contributed by atoms with van der Waals surface area (Å²) in [6.45, 7) is 6.49. The predicted molar refractivity (Wildman–Crippen MR) is 173 cm³/mol. The summed E-state index contributed by atoms with van der Waals surface area (Å²) >= 11 is 0. The smallest absolute Gasteiger partial charge is 0.306 e. The number of esters is 3. The van der Waals surface area contributed by atoms with Crippen LogP contribution in [-0.4, -0.2) is 37.2 Å². The molecule has 0 heterocycles. The van der Waals surface area contributed by atoms with Crippen molar-refractivity contribution in [1.29, 1.82) is 0 Å². The zero-order chi connectivity index (χ0) is 30.9. The van der Waals surface area contributed by atoms with E-state index < -0.39 is 6.10 Å². The van der Waals surface area contributed by atoms with Crippen molar-refractivity contribution in [3.8, 4) is 0 Å². The second kappa shape index (κ2) is 32.3. The van der Waals surface area contributed by atoms with E-state index in [2.05, 4.69) is 20.8 Å². The number of carbonyl (C=O) groups excluding carboxylic acids is 3. The van der Waals surface area contributed by atoms with Crippen LogP contribution in [0.15, 0.2) is 0 Å². The van der Waals surface area contributed by atoms with Gasteiger partial charge in [0.15, 0.2) is 6.10 Å². The second-order valence-corrected chi connectivity index (χ2v) is 12.2. The SMILES string of the molecule is CCCCCCCCCCCCCCC(=O)O[C@H](COC(=O)CCCCCCC)COC(=O)CCCCCCCCC. The lowest BCUT2D eigenvalue weighted by Gasteiger charge is -2.18. The molecule has 0 aromatic rings. The van der Waals surface area contributed by atoms with Crippen LogP contribution in [-0.2, 0) is 28.6 Å². The first-order valence-corrected chi connectivity index (χ1v) is 18.0. The van der Waals surface area contributed by atoms with Gasteiger partial charge in [0.25, 0.3) is 0 Å². The first-order valence-electron chi connectivity index (χ1n) is 18.0. The predicted octanol–water partition coefficient (Wildman–Crippen LogP) is 10.6. The third kappa shape index (κ3) is 29.9. The van der Waals surface area contributed by atoms with Gasteiger partial charge in [-0.2, -0.15) is 0 Å². The molecule has 0 saturated carbocycles. The van der Waals surface area contributed by atoms with Crippen LogP contribution in [0, 0.1) is 0 Å². The highest BCUT2D eigenvalue weighted by Crippen LogP contribution is 2.14. The van der Waals surface area contributed by atoms with Crippen molar-refractivity contribution < 1.29 is 28.6 Å². The highest BCUT2D eigenvalue weighted by Gasteiger charge is 2.19. The van der Waals surface area contributed by atoms with E-state index in [4.69, 9.17) is 14.2 Å². The fourth-order valence-corrected chi connectivity index (χ4v) is 5.09. The molecule has 0 radical (unpaired) electrons. The molecule has 6 heteroatoms. The van der Waals surface area contributed by atoms with Gasteiger partial charge in [-0.1, -0.05) is 156 Å². The maximum atomic E-state index is 12.5. The zero-order valence-electron chi connectivity index (χ0n) is 28.0. The summed E-state index contributed by atoms with van der Waals surface area (Å²) in [5.74, 6) is -0.887. The van der Waals surface area contributed by atoms with E-state index in [-0.39, 0.29) is 31.1 Å². The Bertz CT molecular complexity index is 620. The molecule has 0 saturated heterocycles. The molecule has 0 aliphatic heterocycles. The molecule has 42 heavy (non-hydrogen) atoms. The summed E-state index contributed by atoms with van der Waals surface area (Å²) in [5.41, 5.74) is 0. The number of carbonyl (C=O) groups is 3. The van der Waals surface area contributed by atoms with Crippen molar-refractivity contribution in [3.63, 3.8) is 0 Å². The van der Waals surface area contributed by atoms with Crippen molar-refractivity contribution in [3.05, 3.63) is 0 Å². The first-order chi connectivity index (χ1) is 20.5. The molecule has 0 aliphatic carbocycles. The van der Waals surface area contributed by atoms with Crippen molar-refractivity contribution in [2.75, 3.05) is 13.2 Å². The lowest BCUT2D eigenvalue weighted by molar-refractivity contribution is -0.167. The van der Waals surface area contributed by atoms with Crippen molar-refractivity contribution in [1.82, 2.24) is 0 Å². The summed E-state index contributed by atoms with van der Waals surface area (Å²) < 4.78 is 16.4. The molecule has 0 spiro atoms. The largest absolute Gasteiger partial charge is 0.462 e. The normalized spacial score (nSPS) is 11.8. The van der Waals surface area contributed by atoms with Crippen LogP contribution in [0.3, 0.4) is 0 Å². The molecule has 0 amide bonds. The van der Waals surface area contributed by atoms with Crippen LogP contribution >= 0.6 is 0 Å². The first kappa shape index (κ1) is 40.4. The average Bonchev–Trinajstić information content (AvgIpc) is 2.98. The molecule has 0 aliphatic rings. The zero-order valence-corrected chi connectivity index (χ0v) is 28.0. The molecule has 0 aromatic carbocycles. The maximum Gasteiger partial charge on any atom is 0.306 e. The van der Waals surface area contributed by atoms with E-state index in [0.717, 1.165) is 64.2 Å². The number of rotatable bonds is 32. The number of unbranched alkanes of at least 4 members (excludes halogenated alkanes) is 21. The van der Waals surface area contributed by atoms with Crippen LogP contribution in [0.4, 0.5) is 0 Å². The Labute approximate surface area is 259 Å². The van der Waals surface area contributed by atoms with Gasteiger partial charge in [0, 0.05) is 19.3 Å². The molecule has 6 nitrogen and oxygen atoms in total. The number of hydrogen-bond acceptors (Lipinski definition) is 6. The highest BCUT2D eigenvalue weighted by atomic mass is 16.6. The minimum Gasteiger partial charge on any atom is -0.462 e. The number of ether oxygens (including phenoxy) is 3. The van der Waals surface area contributed by atoms with Crippen molar-refractivity contribution in [2.24, 2.45) is 0 Å². The average molecular weight is 597 g/mol. The molecule has 0 rings (SSSR count). The molecular weight excluding hydrogens is 528 g/mol. The van der Waals surface area contributed by atoms with Gasteiger partial charge in [0.2, 0.25) is 0 Å². The fourth-order valence-electron chi connectivity index (χ4n) is 5.09. The lowest BCUT2D eigenvalue weighted by Crippen LogP contribution is -2.30. The standard InChI is InChI=1S/C36H68O6/c1-4-7-10-13-15-16-17-18-19-21-24-27-30-36(39)42-33(31-40-34(37)28-25-22-12-9-6-3)32-41-35(38)29-26-23-20-14-11-8-5-2/h33H,4-32H2,1-3H3/t33-/m1/s1. The highest BCUT2D eigenvalue weighted by molar-refractivity contribution is 5.71. The van der Waals surface area contributed by atoms with Crippen LogP contribution in [0.2, 0.25) is 0 Å². The van der Waals surface area contributed by atoms with E-state index in [1.807, 2.05) is 0 Å². The molecule has 248 valence electrons. The third-order valence-corrected chi connectivity index (χ3v) is 7.86. The third-order valence-electron chi connectivity index (χ3n) is 7.86. The van der Waals surface area contributed by atoms with Gasteiger partial charge in [-0.25, -0.2) is 0 Å². The Hall–Kier alpha value is -1.59. The quantitative estimate of drug-likeness (QED) is 0.0436. The van der Waals surface area contributed by atoms with Gasteiger partial charge in [0.1, 0.15) is 13.2 Å². The van der Waals surface area contributed by atoms with Crippen LogP contribution in [0.1, 0.15) is 194 Å². The molecule has 0 unspecified atom stereocenters. The summed E-state index contributed by atoms with van der Waals surface area (Å²) in [5, 5.41) is 0. The molecular formula is C36H68O6. The summed E-state index contributed by atoms with van der Waals surface area (Å²) in [6.07, 6.45) is 28.3. The minimum atomic E-state index is -0.753. The molecule has 0 N–H and O–H groups in total. The van der Waals surface area contributed by atoms with Gasteiger partial charge in [-0.05, 0) is 19.3 Å². The number of hydrogen-bond donors (Lipinski definition) is 0. The topological polar surface area (TPSA) is 78.9 Å². The van der Waals surface area contributed by atoms with Crippen LogP contribution < -0.4 is 0 Å². The monoisotopic (exact) mass is 597 g/mol. The Kier molecular flexibility index (Phi) is 31.1. The van der Waals surface area contributed by atoms with Crippen LogP contribution in [0.5, 0.6) is 0 Å².